The molecule has 0 radical (unpaired) electrons. The molecule has 0 bridgehead atoms. The lowest BCUT2D eigenvalue weighted by Crippen LogP contribution is -2.29. The van der Waals surface area contributed by atoms with Crippen LogP contribution in [0.2, 0.25) is 0 Å². The zero-order valence-corrected chi connectivity index (χ0v) is 12.9. The van der Waals surface area contributed by atoms with Crippen LogP contribution in [0.15, 0.2) is 52.9 Å². The van der Waals surface area contributed by atoms with E-state index >= 15 is 0 Å². The molecular formula is C16H15N3O2S. The highest BCUT2D eigenvalue weighted by Crippen LogP contribution is 2.14. The Morgan fingerprint density at radius 2 is 2.05 bits per heavy atom. The zero-order valence-electron chi connectivity index (χ0n) is 12.1. The lowest BCUT2D eigenvalue weighted by Gasteiger charge is -2.17. The van der Waals surface area contributed by atoms with E-state index in [1.807, 2.05) is 35.7 Å². The van der Waals surface area contributed by atoms with E-state index in [0.717, 1.165) is 10.5 Å². The van der Waals surface area contributed by atoms with Crippen LogP contribution in [0, 0.1) is 0 Å². The highest BCUT2D eigenvalue weighted by Gasteiger charge is 2.12. The molecule has 0 N–H and O–H groups in total. The Kier molecular flexibility index (Phi) is 4.02. The monoisotopic (exact) mass is 313 g/mol. The van der Waals surface area contributed by atoms with Crippen LogP contribution in [0.5, 0.6) is 0 Å². The fourth-order valence-electron chi connectivity index (χ4n) is 2.23. The third-order valence-electron chi connectivity index (χ3n) is 3.53. The van der Waals surface area contributed by atoms with Crippen LogP contribution in [-0.2, 0) is 11.3 Å². The average Bonchev–Trinajstić information content (AvgIpc) is 3.03. The van der Waals surface area contributed by atoms with Crippen LogP contribution < -0.4 is 10.5 Å². The first kappa shape index (κ1) is 14.5. The van der Waals surface area contributed by atoms with Crippen molar-refractivity contribution in [3.8, 4) is 0 Å². The van der Waals surface area contributed by atoms with Gasteiger partial charge in [0.1, 0.15) is 4.83 Å². The minimum Gasteiger partial charge on any atom is -0.315 e. The van der Waals surface area contributed by atoms with E-state index in [2.05, 4.69) is 4.98 Å². The van der Waals surface area contributed by atoms with E-state index in [-0.39, 0.29) is 17.9 Å². The van der Waals surface area contributed by atoms with Gasteiger partial charge in [-0.3, -0.25) is 14.2 Å². The van der Waals surface area contributed by atoms with Gasteiger partial charge in [-0.1, -0.05) is 18.2 Å². The summed E-state index contributed by atoms with van der Waals surface area (Å²) in [6.07, 6.45) is 1.76. The number of para-hydroxylation sites is 1. The number of aromatic nitrogens is 2. The number of nitrogens with zero attached hydrogens (tertiary/aromatic N) is 3. The standard InChI is InChI=1S/C16H15N3O2S/c1-18(12-5-3-2-4-6-12)14(20)7-9-19-11-17-15-13(16(19)21)8-10-22-15/h2-6,8,10-11H,7,9H2,1H3. The van der Waals surface area contributed by atoms with Crippen molar-refractivity contribution in [2.45, 2.75) is 13.0 Å². The van der Waals surface area contributed by atoms with Gasteiger partial charge in [-0.25, -0.2) is 4.98 Å². The number of fused-ring (bicyclic) bond motifs is 1. The number of rotatable bonds is 4. The number of anilines is 1. The molecule has 0 saturated heterocycles. The second-order valence-electron chi connectivity index (χ2n) is 4.92. The van der Waals surface area contributed by atoms with Gasteiger partial charge >= 0.3 is 0 Å². The van der Waals surface area contributed by atoms with Crippen molar-refractivity contribution in [3.63, 3.8) is 0 Å². The van der Waals surface area contributed by atoms with E-state index in [1.165, 1.54) is 22.2 Å². The van der Waals surface area contributed by atoms with Crippen molar-refractivity contribution in [1.82, 2.24) is 9.55 Å². The van der Waals surface area contributed by atoms with Crippen LogP contribution in [0.4, 0.5) is 5.69 Å². The minimum absolute atomic E-state index is 0.0384. The predicted molar refractivity (Wildman–Crippen MR) is 88.3 cm³/mol. The van der Waals surface area contributed by atoms with Gasteiger partial charge in [-0.15, -0.1) is 11.3 Å². The van der Waals surface area contributed by atoms with Gasteiger partial charge in [0, 0.05) is 25.7 Å². The molecule has 22 heavy (non-hydrogen) atoms. The number of carbonyl (C=O) groups excluding carboxylic acids is 1. The average molecular weight is 313 g/mol. The summed E-state index contributed by atoms with van der Waals surface area (Å²) in [5, 5.41) is 2.45. The maximum atomic E-state index is 12.2. The first-order valence-electron chi connectivity index (χ1n) is 6.91. The molecule has 0 aliphatic carbocycles. The predicted octanol–water partition coefficient (Wildman–Crippen LogP) is 2.51. The Morgan fingerprint density at radius 1 is 1.27 bits per heavy atom. The summed E-state index contributed by atoms with van der Waals surface area (Å²) in [4.78, 5) is 31.0. The van der Waals surface area contributed by atoms with E-state index < -0.39 is 0 Å². The highest BCUT2D eigenvalue weighted by atomic mass is 32.1. The molecule has 0 aliphatic rings. The molecule has 0 saturated carbocycles. The Balaban J connectivity index is 1.72. The molecule has 112 valence electrons. The second-order valence-corrected chi connectivity index (χ2v) is 5.82. The van der Waals surface area contributed by atoms with Gasteiger partial charge in [0.2, 0.25) is 5.91 Å². The fourth-order valence-corrected chi connectivity index (χ4v) is 2.96. The molecule has 6 heteroatoms. The molecule has 5 nitrogen and oxygen atoms in total. The van der Waals surface area contributed by atoms with Crippen molar-refractivity contribution in [2.75, 3.05) is 11.9 Å². The Hall–Kier alpha value is -2.47. The molecule has 2 heterocycles. The van der Waals surface area contributed by atoms with Crippen molar-refractivity contribution in [1.29, 1.82) is 0 Å². The first-order valence-corrected chi connectivity index (χ1v) is 7.79. The number of aryl methyl sites for hydroxylation is 1. The summed E-state index contributed by atoms with van der Waals surface area (Å²) in [7, 11) is 1.74. The maximum absolute atomic E-state index is 12.2. The van der Waals surface area contributed by atoms with Crippen LogP contribution in [0.1, 0.15) is 6.42 Å². The molecule has 2 aromatic heterocycles. The molecular weight excluding hydrogens is 298 g/mol. The molecule has 0 fully saturated rings. The topological polar surface area (TPSA) is 55.2 Å². The summed E-state index contributed by atoms with van der Waals surface area (Å²) >= 11 is 1.44. The second kappa shape index (κ2) is 6.11. The van der Waals surface area contributed by atoms with Gasteiger partial charge in [0.25, 0.3) is 5.56 Å². The Morgan fingerprint density at radius 3 is 2.82 bits per heavy atom. The summed E-state index contributed by atoms with van der Waals surface area (Å²) in [5.74, 6) is -0.0384. The van der Waals surface area contributed by atoms with Crippen LogP contribution in [0.25, 0.3) is 10.2 Å². The van der Waals surface area contributed by atoms with Gasteiger partial charge in [-0.2, -0.15) is 0 Å². The largest absolute Gasteiger partial charge is 0.315 e. The van der Waals surface area contributed by atoms with E-state index in [0.29, 0.717) is 11.9 Å². The maximum Gasteiger partial charge on any atom is 0.262 e. The van der Waals surface area contributed by atoms with Crippen LogP contribution in [0.3, 0.4) is 0 Å². The zero-order chi connectivity index (χ0) is 15.5. The van der Waals surface area contributed by atoms with Crippen molar-refractivity contribution < 1.29 is 4.79 Å². The minimum atomic E-state index is -0.0959. The van der Waals surface area contributed by atoms with E-state index in [4.69, 9.17) is 0 Å². The molecule has 0 atom stereocenters. The molecule has 0 aliphatic heterocycles. The lowest BCUT2D eigenvalue weighted by molar-refractivity contribution is -0.118. The first-order chi connectivity index (χ1) is 10.7. The Labute approximate surface area is 131 Å². The summed E-state index contributed by atoms with van der Waals surface area (Å²) in [5.41, 5.74) is 0.743. The quantitative estimate of drug-likeness (QED) is 0.743. The fraction of sp³-hybridized carbons (Fsp3) is 0.188. The van der Waals surface area contributed by atoms with Gasteiger partial charge < -0.3 is 4.90 Å². The molecule has 3 rings (SSSR count). The van der Waals surface area contributed by atoms with Gasteiger partial charge in [0.05, 0.1) is 11.7 Å². The number of benzene rings is 1. The molecule has 0 spiro atoms. The van der Waals surface area contributed by atoms with E-state index in [1.54, 1.807) is 18.0 Å². The number of hydrogen-bond donors (Lipinski definition) is 0. The summed E-state index contributed by atoms with van der Waals surface area (Å²) in [6, 6.07) is 11.2. The molecule has 0 unspecified atom stereocenters. The lowest BCUT2D eigenvalue weighted by atomic mass is 10.2. The van der Waals surface area contributed by atoms with Gasteiger partial charge in [0.15, 0.2) is 0 Å². The highest BCUT2D eigenvalue weighted by molar-refractivity contribution is 7.16. The number of carbonyl (C=O) groups is 1. The molecule has 1 amide bonds. The third-order valence-corrected chi connectivity index (χ3v) is 4.36. The number of amides is 1. The SMILES string of the molecule is CN(C(=O)CCn1cnc2sccc2c1=O)c1ccccc1. The smallest absolute Gasteiger partial charge is 0.262 e. The van der Waals surface area contributed by atoms with Crippen molar-refractivity contribution in [3.05, 3.63) is 58.5 Å². The van der Waals surface area contributed by atoms with E-state index in [9.17, 15) is 9.59 Å². The number of hydrogen-bond acceptors (Lipinski definition) is 4. The number of thiophene rings is 1. The van der Waals surface area contributed by atoms with Crippen molar-refractivity contribution in [2.24, 2.45) is 0 Å². The summed E-state index contributed by atoms with van der Waals surface area (Å²) in [6.45, 7) is 0.327. The van der Waals surface area contributed by atoms with Crippen LogP contribution in [-0.4, -0.2) is 22.5 Å². The normalized spacial score (nSPS) is 10.8. The van der Waals surface area contributed by atoms with Crippen LogP contribution >= 0.6 is 11.3 Å². The third kappa shape index (κ3) is 2.78. The van der Waals surface area contributed by atoms with Gasteiger partial charge in [-0.05, 0) is 23.6 Å². The molecule has 3 aromatic rings. The van der Waals surface area contributed by atoms with Crippen molar-refractivity contribution >= 4 is 33.1 Å². The summed E-state index contributed by atoms with van der Waals surface area (Å²) < 4.78 is 1.49. The Bertz CT molecular complexity index is 854. The molecule has 1 aromatic carbocycles.